The first kappa shape index (κ1) is 15.1. The Labute approximate surface area is 129 Å². The first-order valence-corrected chi connectivity index (χ1v) is 8.49. The zero-order valence-corrected chi connectivity index (χ0v) is 13.7. The van der Waals surface area contributed by atoms with Crippen molar-refractivity contribution in [3.63, 3.8) is 0 Å². The normalized spacial score (nSPS) is 25.6. The molecule has 2 fully saturated rings. The zero-order chi connectivity index (χ0) is 14.9. The molecule has 2 heteroatoms. The molecule has 1 aliphatic carbocycles. The summed E-state index contributed by atoms with van der Waals surface area (Å²) < 4.78 is 6.09. The molecule has 1 saturated heterocycles. The SMILES string of the molecule is CNC(Cc1cc(C)ccc1C)C1CCOC2(CCC2)C1. The van der Waals surface area contributed by atoms with Crippen LogP contribution >= 0.6 is 0 Å². The van der Waals surface area contributed by atoms with E-state index in [2.05, 4.69) is 44.4 Å². The summed E-state index contributed by atoms with van der Waals surface area (Å²) in [6.45, 7) is 5.38. The van der Waals surface area contributed by atoms with Crippen LogP contribution in [0.4, 0.5) is 0 Å². The summed E-state index contributed by atoms with van der Waals surface area (Å²) in [6, 6.07) is 7.41. The molecule has 116 valence electrons. The van der Waals surface area contributed by atoms with Crippen molar-refractivity contribution in [1.29, 1.82) is 0 Å². The van der Waals surface area contributed by atoms with Gasteiger partial charge in [0.1, 0.15) is 0 Å². The summed E-state index contributed by atoms with van der Waals surface area (Å²) in [5.74, 6) is 0.754. The number of hydrogen-bond donors (Lipinski definition) is 1. The molecule has 0 amide bonds. The summed E-state index contributed by atoms with van der Waals surface area (Å²) in [5, 5.41) is 3.60. The van der Waals surface area contributed by atoms with Crippen LogP contribution in [0, 0.1) is 19.8 Å². The quantitative estimate of drug-likeness (QED) is 0.910. The van der Waals surface area contributed by atoms with E-state index in [0.717, 1.165) is 18.9 Å². The highest BCUT2D eigenvalue weighted by atomic mass is 16.5. The average Bonchev–Trinajstić information content (AvgIpc) is 2.46. The van der Waals surface area contributed by atoms with Gasteiger partial charge in [0.25, 0.3) is 0 Å². The topological polar surface area (TPSA) is 21.3 Å². The van der Waals surface area contributed by atoms with Gasteiger partial charge in [0.15, 0.2) is 0 Å². The van der Waals surface area contributed by atoms with E-state index in [9.17, 15) is 0 Å². The van der Waals surface area contributed by atoms with Gasteiger partial charge < -0.3 is 10.1 Å². The Morgan fingerprint density at radius 2 is 2.14 bits per heavy atom. The standard InChI is InChI=1S/C19H29NO/c1-14-5-6-15(2)17(11-14)12-18(20-3)16-7-10-21-19(13-16)8-4-9-19/h5-6,11,16,18,20H,4,7-10,12-13H2,1-3H3. The molecule has 21 heavy (non-hydrogen) atoms. The van der Waals surface area contributed by atoms with Gasteiger partial charge in [0.2, 0.25) is 0 Å². The molecule has 0 aromatic heterocycles. The van der Waals surface area contributed by atoms with E-state index < -0.39 is 0 Å². The van der Waals surface area contributed by atoms with Crippen molar-refractivity contribution in [1.82, 2.24) is 5.32 Å². The van der Waals surface area contributed by atoms with Gasteiger partial charge >= 0.3 is 0 Å². The third-order valence-corrected chi connectivity index (χ3v) is 5.68. The predicted molar refractivity (Wildman–Crippen MR) is 87.7 cm³/mol. The third-order valence-electron chi connectivity index (χ3n) is 5.68. The summed E-state index contributed by atoms with van der Waals surface area (Å²) in [7, 11) is 2.12. The zero-order valence-electron chi connectivity index (χ0n) is 13.7. The molecule has 0 bridgehead atoms. The van der Waals surface area contributed by atoms with Gasteiger partial charge in [-0.05, 0) is 76.5 Å². The largest absolute Gasteiger partial charge is 0.375 e. The lowest BCUT2D eigenvalue weighted by atomic mass is 9.70. The molecule has 1 saturated carbocycles. The molecule has 2 unspecified atom stereocenters. The van der Waals surface area contributed by atoms with Crippen LogP contribution in [0.2, 0.25) is 0 Å². The van der Waals surface area contributed by atoms with Crippen molar-refractivity contribution in [2.75, 3.05) is 13.7 Å². The van der Waals surface area contributed by atoms with Crippen LogP contribution in [-0.4, -0.2) is 25.3 Å². The Balaban J connectivity index is 1.71. The minimum Gasteiger partial charge on any atom is -0.375 e. The Hall–Kier alpha value is -0.860. The Morgan fingerprint density at radius 1 is 1.33 bits per heavy atom. The van der Waals surface area contributed by atoms with Crippen molar-refractivity contribution >= 4 is 0 Å². The highest BCUT2D eigenvalue weighted by molar-refractivity contribution is 5.31. The fraction of sp³-hybridized carbons (Fsp3) is 0.684. The van der Waals surface area contributed by atoms with Crippen LogP contribution in [-0.2, 0) is 11.2 Å². The predicted octanol–water partition coefficient (Wildman–Crippen LogP) is 3.78. The van der Waals surface area contributed by atoms with E-state index in [4.69, 9.17) is 4.74 Å². The van der Waals surface area contributed by atoms with Crippen molar-refractivity contribution in [3.05, 3.63) is 34.9 Å². The number of likely N-dealkylation sites (N-methyl/N-ethyl adjacent to an activating group) is 1. The van der Waals surface area contributed by atoms with Crippen LogP contribution in [0.25, 0.3) is 0 Å². The Morgan fingerprint density at radius 3 is 2.81 bits per heavy atom. The van der Waals surface area contributed by atoms with Crippen LogP contribution in [0.5, 0.6) is 0 Å². The second kappa shape index (κ2) is 6.10. The average molecular weight is 287 g/mol. The van der Waals surface area contributed by atoms with E-state index in [-0.39, 0.29) is 5.60 Å². The van der Waals surface area contributed by atoms with Crippen molar-refractivity contribution in [2.24, 2.45) is 5.92 Å². The molecule has 2 nitrogen and oxygen atoms in total. The molecule has 3 rings (SSSR count). The van der Waals surface area contributed by atoms with Crippen molar-refractivity contribution < 1.29 is 4.74 Å². The molecule has 1 aromatic carbocycles. The maximum absolute atomic E-state index is 6.09. The molecular weight excluding hydrogens is 258 g/mol. The summed E-state index contributed by atoms with van der Waals surface area (Å²) in [5.41, 5.74) is 4.54. The van der Waals surface area contributed by atoms with Gasteiger partial charge in [-0.2, -0.15) is 0 Å². The Bertz CT molecular complexity index is 492. The minimum atomic E-state index is 0.250. The molecule has 2 atom stereocenters. The maximum Gasteiger partial charge on any atom is 0.0685 e. The van der Waals surface area contributed by atoms with E-state index in [0.29, 0.717) is 6.04 Å². The summed E-state index contributed by atoms with van der Waals surface area (Å²) in [6.07, 6.45) is 7.52. The number of ether oxygens (including phenoxy) is 1. The smallest absolute Gasteiger partial charge is 0.0685 e. The molecular formula is C19H29NO. The summed E-state index contributed by atoms with van der Waals surface area (Å²) in [4.78, 5) is 0. The van der Waals surface area contributed by atoms with Crippen LogP contribution in [0.3, 0.4) is 0 Å². The van der Waals surface area contributed by atoms with E-state index >= 15 is 0 Å². The lowest BCUT2D eigenvalue weighted by Gasteiger charge is -2.49. The maximum atomic E-state index is 6.09. The van der Waals surface area contributed by atoms with Gasteiger partial charge in [-0.15, -0.1) is 0 Å². The molecule has 1 spiro atoms. The first-order valence-electron chi connectivity index (χ1n) is 8.49. The minimum absolute atomic E-state index is 0.250. The van der Waals surface area contributed by atoms with Crippen LogP contribution in [0.1, 0.15) is 48.8 Å². The van der Waals surface area contributed by atoms with Gasteiger partial charge in [-0.25, -0.2) is 0 Å². The Kier molecular flexibility index (Phi) is 4.37. The van der Waals surface area contributed by atoms with Crippen LogP contribution in [0.15, 0.2) is 18.2 Å². The highest BCUT2D eigenvalue weighted by Gasteiger charge is 2.44. The van der Waals surface area contributed by atoms with Gasteiger partial charge in [-0.1, -0.05) is 23.8 Å². The fourth-order valence-corrected chi connectivity index (χ4v) is 4.09. The van der Waals surface area contributed by atoms with Crippen molar-refractivity contribution in [3.8, 4) is 0 Å². The monoisotopic (exact) mass is 287 g/mol. The molecule has 2 aliphatic rings. The van der Waals surface area contributed by atoms with Crippen molar-refractivity contribution in [2.45, 2.75) is 64.0 Å². The molecule has 1 aliphatic heterocycles. The molecule has 1 aromatic rings. The van der Waals surface area contributed by atoms with E-state index in [1.165, 1.54) is 48.8 Å². The molecule has 0 radical (unpaired) electrons. The number of nitrogens with one attached hydrogen (secondary N) is 1. The van der Waals surface area contributed by atoms with Gasteiger partial charge in [0.05, 0.1) is 5.60 Å². The van der Waals surface area contributed by atoms with Crippen LogP contribution < -0.4 is 5.32 Å². The van der Waals surface area contributed by atoms with Gasteiger partial charge in [-0.3, -0.25) is 0 Å². The van der Waals surface area contributed by atoms with E-state index in [1.807, 2.05) is 0 Å². The molecule has 1 heterocycles. The number of rotatable bonds is 4. The highest BCUT2D eigenvalue weighted by Crippen LogP contribution is 2.45. The number of hydrogen-bond acceptors (Lipinski definition) is 2. The van der Waals surface area contributed by atoms with E-state index in [1.54, 1.807) is 0 Å². The lowest BCUT2D eigenvalue weighted by molar-refractivity contribution is -0.146. The number of aryl methyl sites for hydroxylation is 2. The second-order valence-corrected chi connectivity index (χ2v) is 7.17. The number of benzene rings is 1. The second-order valence-electron chi connectivity index (χ2n) is 7.17. The molecule has 1 N–H and O–H groups in total. The third kappa shape index (κ3) is 3.17. The lowest BCUT2D eigenvalue weighted by Crippen LogP contribution is -2.50. The fourth-order valence-electron chi connectivity index (χ4n) is 4.09. The van der Waals surface area contributed by atoms with Gasteiger partial charge in [0, 0.05) is 12.6 Å². The summed E-state index contributed by atoms with van der Waals surface area (Å²) >= 11 is 0. The first-order chi connectivity index (χ1) is 10.1.